The minimum absolute atomic E-state index is 0.0160. The lowest BCUT2D eigenvalue weighted by Gasteiger charge is -2.36. The number of hydrogen-bond donors (Lipinski definition) is 2. The fourth-order valence-corrected chi connectivity index (χ4v) is 4.82. The number of nitrogens with zero attached hydrogens (tertiary/aromatic N) is 4. The van der Waals surface area contributed by atoms with Crippen LogP contribution in [0, 0.1) is 0 Å². The van der Waals surface area contributed by atoms with Crippen LogP contribution in [0.15, 0.2) is 79.0 Å². The van der Waals surface area contributed by atoms with Gasteiger partial charge in [0, 0.05) is 48.9 Å². The number of aromatic nitrogens is 4. The summed E-state index contributed by atoms with van der Waals surface area (Å²) >= 11 is 6.36. The zero-order chi connectivity index (χ0) is 23.8. The van der Waals surface area contributed by atoms with Gasteiger partial charge in [0.15, 0.2) is 5.82 Å². The monoisotopic (exact) mass is 482 g/mol. The Bertz CT molecular complexity index is 1500. The molecule has 6 rings (SSSR count). The third-order valence-electron chi connectivity index (χ3n) is 6.44. The molecule has 1 amide bonds. The molecule has 0 bridgehead atoms. The third-order valence-corrected chi connectivity index (χ3v) is 6.76. The van der Waals surface area contributed by atoms with Crippen LogP contribution >= 0.6 is 11.6 Å². The Morgan fingerprint density at radius 2 is 1.69 bits per heavy atom. The van der Waals surface area contributed by atoms with Crippen molar-refractivity contribution in [1.82, 2.24) is 25.1 Å². The SMILES string of the molecule is O=C(c1ccc2[nH]nc(-c3nc(-c4ccccc4)c[nH]3)c2c1)N1CCN(c2ccccc2Cl)CC1. The van der Waals surface area contributed by atoms with Gasteiger partial charge in [0.2, 0.25) is 0 Å². The number of benzene rings is 3. The van der Waals surface area contributed by atoms with Crippen molar-refractivity contribution in [1.29, 1.82) is 0 Å². The van der Waals surface area contributed by atoms with E-state index in [1.165, 1.54) is 0 Å². The Kier molecular flexibility index (Phi) is 5.47. The summed E-state index contributed by atoms with van der Waals surface area (Å²) in [5.74, 6) is 0.676. The highest BCUT2D eigenvalue weighted by molar-refractivity contribution is 6.33. The van der Waals surface area contributed by atoms with E-state index in [4.69, 9.17) is 16.6 Å². The van der Waals surface area contributed by atoms with Crippen molar-refractivity contribution in [2.45, 2.75) is 0 Å². The molecule has 0 radical (unpaired) electrons. The van der Waals surface area contributed by atoms with Crippen LogP contribution in [0.4, 0.5) is 5.69 Å². The molecule has 0 atom stereocenters. The molecule has 0 aliphatic carbocycles. The summed E-state index contributed by atoms with van der Waals surface area (Å²) in [6.45, 7) is 2.75. The Morgan fingerprint density at radius 1 is 0.914 bits per heavy atom. The normalized spacial score (nSPS) is 14.0. The molecule has 7 nitrogen and oxygen atoms in total. The van der Waals surface area contributed by atoms with Gasteiger partial charge in [-0.25, -0.2) is 4.98 Å². The smallest absolute Gasteiger partial charge is 0.253 e. The molecule has 3 aromatic carbocycles. The summed E-state index contributed by atoms with van der Waals surface area (Å²) in [7, 11) is 0. The van der Waals surface area contributed by atoms with Gasteiger partial charge in [-0.3, -0.25) is 9.89 Å². The third kappa shape index (κ3) is 4.04. The van der Waals surface area contributed by atoms with Crippen LogP contribution in [0.1, 0.15) is 10.4 Å². The number of carbonyl (C=O) groups is 1. The molecule has 0 unspecified atom stereocenters. The molecule has 5 aromatic rings. The number of nitrogens with one attached hydrogen (secondary N) is 2. The molecule has 2 aromatic heterocycles. The maximum absolute atomic E-state index is 13.3. The van der Waals surface area contributed by atoms with Crippen LogP contribution in [0.25, 0.3) is 33.7 Å². The fraction of sp³-hybridized carbons (Fsp3) is 0.148. The predicted molar refractivity (Wildman–Crippen MR) is 139 cm³/mol. The number of halogens is 1. The Morgan fingerprint density at radius 3 is 2.49 bits per heavy atom. The Hall–Kier alpha value is -4.10. The van der Waals surface area contributed by atoms with E-state index in [1.54, 1.807) is 0 Å². The van der Waals surface area contributed by atoms with Gasteiger partial charge >= 0.3 is 0 Å². The summed E-state index contributed by atoms with van der Waals surface area (Å²) in [4.78, 5) is 25.4. The van der Waals surface area contributed by atoms with Gasteiger partial charge in [-0.05, 0) is 30.3 Å². The van der Waals surface area contributed by atoms with Gasteiger partial charge in [-0.2, -0.15) is 5.10 Å². The number of H-pyrrole nitrogens is 2. The number of amides is 1. The number of imidazole rings is 1. The van der Waals surface area contributed by atoms with Crippen molar-refractivity contribution in [2.24, 2.45) is 0 Å². The number of rotatable bonds is 4. The highest BCUT2D eigenvalue weighted by Gasteiger charge is 2.24. The molecular formula is C27H23ClN6O. The van der Waals surface area contributed by atoms with E-state index < -0.39 is 0 Å². The maximum atomic E-state index is 13.3. The van der Waals surface area contributed by atoms with E-state index in [0.717, 1.165) is 46.0 Å². The minimum Gasteiger partial charge on any atom is -0.367 e. The van der Waals surface area contributed by atoms with Crippen LogP contribution in [0.3, 0.4) is 0 Å². The van der Waals surface area contributed by atoms with E-state index in [2.05, 4.69) is 20.1 Å². The molecule has 0 spiro atoms. The molecule has 1 aliphatic heterocycles. The zero-order valence-corrected chi connectivity index (χ0v) is 19.7. The van der Waals surface area contributed by atoms with Gasteiger partial charge in [0.05, 0.1) is 21.9 Å². The molecule has 8 heteroatoms. The van der Waals surface area contributed by atoms with Crippen molar-refractivity contribution in [2.75, 3.05) is 31.1 Å². The first-order chi connectivity index (χ1) is 17.2. The average Bonchev–Trinajstić information content (AvgIpc) is 3.56. The summed E-state index contributed by atoms with van der Waals surface area (Å²) in [5, 5.41) is 9.13. The topological polar surface area (TPSA) is 80.9 Å². The van der Waals surface area contributed by atoms with Crippen LogP contribution in [-0.4, -0.2) is 57.2 Å². The summed E-state index contributed by atoms with van der Waals surface area (Å²) < 4.78 is 0. The zero-order valence-electron chi connectivity index (χ0n) is 18.9. The van der Waals surface area contributed by atoms with Crippen molar-refractivity contribution in [3.8, 4) is 22.8 Å². The first kappa shape index (κ1) is 21.4. The van der Waals surface area contributed by atoms with Gasteiger partial charge < -0.3 is 14.8 Å². The molecule has 2 N–H and O–H groups in total. The summed E-state index contributed by atoms with van der Waals surface area (Å²) in [5.41, 5.74) is 5.08. The molecular weight excluding hydrogens is 460 g/mol. The minimum atomic E-state index is 0.0160. The van der Waals surface area contributed by atoms with E-state index in [-0.39, 0.29) is 5.91 Å². The van der Waals surface area contributed by atoms with E-state index in [9.17, 15) is 4.79 Å². The number of aromatic amines is 2. The standard InChI is InChI=1S/C27H23ClN6O/c28-21-8-4-5-9-24(21)33-12-14-34(15-13-33)27(35)19-10-11-22-20(16-19)25(32-31-22)26-29-17-23(30-26)18-6-2-1-3-7-18/h1-11,16-17H,12-15H2,(H,29,30)(H,31,32). The number of piperazine rings is 1. The number of carbonyl (C=O) groups excluding carboxylic acids is 1. The van der Waals surface area contributed by atoms with Crippen molar-refractivity contribution >= 4 is 34.1 Å². The molecule has 0 saturated carbocycles. The second-order valence-electron chi connectivity index (χ2n) is 8.56. The van der Waals surface area contributed by atoms with Crippen molar-refractivity contribution in [3.63, 3.8) is 0 Å². The van der Waals surface area contributed by atoms with Crippen LogP contribution in [0.5, 0.6) is 0 Å². The average molecular weight is 483 g/mol. The molecule has 1 saturated heterocycles. The second kappa shape index (κ2) is 8.92. The quantitative estimate of drug-likeness (QED) is 0.367. The molecule has 1 fully saturated rings. The van der Waals surface area contributed by atoms with E-state index >= 15 is 0 Å². The molecule has 174 valence electrons. The number of fused-ring (bicyclic) bond motifs is 1. The molecule has 3 heterocycles. The summed E-state index contributed by atoms with van der Waals surface area (Å²) in [6.07, 6.45) is 1.87. The molecule has 35 heavy (non-hydrogen) atoms. The highest BCUT2D eigenvalue weighted by atomic mass is 35.5. The lowest BCUT2D eigenvalue weighted by Crippen LogP contribution is -2.48. The van der Waals surface area contributed by atoms with Crippen LogP contribution in [-0.2, 0) is 0 Å². The largest absolute Gasteiger partial charge is 0.367 e. The van der Waals surface area contributed by atoms with Gasteiger partial charge in [-0.15, -0.1) is 0 Å². The summed E-state index contributed by atoms with van der Waals surface area (Å²) in [6, 6.07) is 23.5. The Labute approximate surface area is 207 Å². The van der Waals surface area contributed by atoms with E-state index in [1.807, 2.05) is 83.9 Å². The van der Waals surface area contributed by atoms with Crippen LogP contribution in [0.2, 0.25) is 5.02 Å². The second-order valence-corrected chi connectivity index (χ2v) is 8.97. The van der Waals surface area contributed by atoms with Crippen molar-refractivity contribution < 1.29 is 4.79 Å². The number of para-hydroxylation sites is 1. The fourth-order valence-electron chi connectivity index (χ4n) is 4.57. The Balaban J connectivity index is 1.23. The molecule has 1 aliphatic rings. The lowest BCUT2D eigenvalue weighted by atomic mass is 10.1. The van der Waals surface area contributed by atoms with Gasteiger partial charge in [-0.1, -0.05) is 54.1 Å². The van der Waals surface area contributed by atoms with Crippen LogP contribution < -0.4 is 4.90 Å². The number of hydrogen-bond acceptors (Lipinski definition) is 4. The van der Waals surface area contributed by atoms with Gasteiger partial charge in [0.1, 0.15) is 5.69 Å². The first-order valence-corrected chi connectivity index (χ1v) is 11.9. The first-order valence-electron chi connectivity index (χ1n) is 11.6. The lowest BCUT2D eigenvalue weighted by molar-refractivity contribution is 0.0747. The van der Waals surface area contributed by atoms with Crippen molar-refractivity contribution in [3.05, 3.63) is 89.6 Å². The highest BCUT2D eigenvalue weighted by Crippen LogP contribution is 2.29. The number of anilines is 1. The van der Waals surface area contributed by atoms with Gasteiger partial charge in [0.25, 0.3) is 5.91 Å². The predicted octanol–water partition coefficient (Wildman–Crippen LogP) is 5.24. The maximum Gasteiger partial charge on any atom is 0.253 e. The van der Waals surface area contributed by atoms with E-state index in [0.29, 0.717) is 30.2 Å².